The van der Waals surface area contributed by atoms with E-state index < -0.39 is 10.0 Å². The SMILES string of the molecule is C=CN(CCc1ccccn1)S(=O)(=O)c1ccc(Nc2ncc3c(n2)-c2ccccc2NC(=O)C3)cc1. The smallest absolute Gasteiger partial charge is 0.263 e. The van der Waals surface area contributed by atoms with E-state index in [4.69, 9.17) is 0 Å². The normalized spacial score (nSPS) is 12.5. The highest BCUT2D eigenvalue weighted by atomic mass is 32.2. The quantitative estimate of drug-likeness (QED) is 0.364. The van der Waals surface area contributed by atoms with Crippen molar-refractivity contribution in [1.29, 1.82) is 0 Å². The molecule has 3 heterocycles. The van der Waals surface area contributed by atoms with Crippen LogP contribution >= 0.6 is 0 Å². The first-order valence-corrected chi connectivity index (χ1v) is 13.0. The van der Waals surface area contributed by atoms with Gasteiger partial charge in [0.25, 0.3) is 10.0 Å². The third-order valence-electron chi connectivity index (χ3n) is 5.91. The van der Waals surface area contributed by atoms with Crippen LogP contribution in [0.2, 0.25) is 0 Å². The van der Waals surface area contributed by atoms with E-state index in [2.05, 4.69) is 32.2 Å². The predicted molar refractivity (Wildman–Crippen MR) is 142 cm³/mol. The molecule has 0 unspecified atom stereocenters. The number of hydrogen-bond acceptors (Lipinski definition) is 7. The number of hydrogen-bond donors (Lipinski definition) is 2. The topological polar surface area (TPSA) is 117 Å². The largest absolute Gasteiger partial charge is 0.325 e. The maximum absolute atomic E-state index is 13.1. The highest BCUT2D eigenvalue weighted by molar-refractivity contribution is 7.89. The van der Waals surface area contributed by atoms with Crippen LogP contribution in [0.3, 0.4) is 0 Å². The zero-order valence-electron chi connectivity index (χ0n) is 19.8. The van der Waals surface area contributed by atoms with Crippen molar-refractivity contribution >= 4 is 33.3 Å². The maximum Gasteiger partial charge on any atom is 0.263 e. The monoisotopic (exact) mass is 512 g/mol. The minimum absolute atomic E-state index is 0.124. The standard InChI is InChI=1S/C27H24N6O3S/c1-2-33(16-14-20-7-5-6-15-28-20)37(35,36)22-12-10-21(11-13-22)30-27-29-18-19-17-25(34)31-24-9-4-3-8-23(24)26(19)32-27/h2-13,15,18H,1,14,16-17H2,(H,31,34)(H,29,30,32). The van der Waals surface area contributed by atoms with E-state index in [0.717, 1.165) is 16.8 Å². The fourth-order valence-electron chi connectivity index (χ4n) is 4.05. The summed E-state index contributed by atoms with van der Waals surface area (Å²) in [6, 6.07) is 19.4. The van der Waals surface area contributed by atoms with Crippen molar-refractivity contribution in [3.05, 3.63) is 103 Å². The van der Waals surface area contributed by atoms with Gasteiger partial charge in [0.2, 0.25) is 11.9 Å². The number of para-hydroxylation sites is 1. The number of nitrogens with zero attached hydrogens (tertiary/aromatic N) is 4. The lowest BCUT2D eigenvalue weighted by Gasteiger charge is -2.20. The highest BCUT2D eigenvalue weighted by Gasteiger charge is 2.22. The number of rotatable bonds is 8. The van der Waals surface area contributed by atoms with Crippen LogP contribution in [0.5, 0.6) is 0 Å². The average Bonchev–Trinajstić information content (AvgIpc) is 3.05. The summed E-state index contributed by atoms with van der Waals surface area (Å²) < 4.78 is 27.5. The molecule has 2 aromatic heterocycles. The van der Waals surface area contributed by atoms with Gasteiger partial charge in [-0.1, -0.05) is 30.8 Å². The second-order valence-electron chi connectivity index (χ2n) is 8.36. The van der Waals surface area contributed by atoms with Gasteiger partial charge < -0.3 is 10.6 Å². The lowest BCUT2D eigenvalue weighted by atomic mass is 10.1. The van der Waals surface area contributed by atoms with Crippen molar-refractivity contribution in [2.45, 2.75) is 17.7 Å². The van der Waals surface area contributed by atoms with E-state index in [0.29, 0.717) is 29.4 Å². The number of anilines is 3. The minimum Gasteiger partial charge on any atom is -0.325 e. The Morgan fingerprint density at radius 3 is 2.57 bits per heavy atom. The zero-order chi connectivity index (χ0) is 25.8. The van der Waals surface area contributed by atoms with Crippen molar-refractivity contribution in [1.82, 2.24) is 19.3 Å². The Balaban J connectivity index is 1.34. The van der Waals surface area contributed by atoms with E-state index in [1.165, 1.54) is 22.6 Å². The average molecular weight is 513 g/mol. The number of nitrogens with one attached hydrogen (secondary N) is 2. The lowest BCUT2D eigenvalue weighted by Crippen LogP contribution is -2.28. The Morgan fingerprint density at radius 1 is 1.03 bits per heavy atom. The van der Waals surface area contributed by atoms with Crippen molar-refractivity contribution in [2.24, 2.45) is 0 Å². The molecule has 9 nitrogen and oxygen atoms in total. The Hall–Kier alpha value is -4.57. The Labute approximate surface area is 215 Å². The molecule has 5 rings (SSSR count). The molecule has 10 heteroatoms. The molecule has 0 saturated carbocycles. The molecule has 0 fully saturated rings. The van der Waals surface area contributed by atoms with Crippen LogP contribution in [0.25, 0.3) is 11.3 Å². The number of carbonyl (C=O) groups is 1. The molecular formula is C27H24N6O3S. The number of pyridine rings is 1. The fraction of sp³-hybridized carbons (Fsp3) is 0.111. The third kappa shape index (κ3) is 5.19. The molecule has 186 valence electrons. The van der Waals surface area contributed by atoms with E-state index >= 15 is 0 Å². The molecule has 4 aromatic rings. The molecule has 0 atom stereocenters. The second kappa shape index (κ2) is 10.2. The number of amides is 1. The molecule has 0 spiro atoms. The fourth-order valence-corrected chi connectivity index (χ4v) is 5.33. The molecule has 2 aromatic carbocycles. The molecule has 0 saturated heterocycles. The molecule has 1 aliphatic rings. The number of fused-ring (bicyclic) bond motifs is 3. The molecule has 1 aliphatic heterocycles. The molecular weight excluding hydrogens is 488 g/mol. The summed E-state index contributed by atoms with van der Waals surface area (Å²) in [5.41, 5.74) is 4.32. The number of sulfonamides is 1. The van der Waals surface area contributed by atoms with Crippen LogP contribution in [0, 0.1) is 0 Å². The van der Waals surface area contributed by atoms with Gasteiger partial charge in [0, 0.05) is 54.1 Å². The molecule has 0 bridgehead atoms. The lowest BCUT2D eigenvalue weighted by molar-refractivity contribution is -0.115. The zero-order valence-corrected chi connectivity index (χ0v) is 20.6. The van der Waals surface area contributed by atoms with Crippen molar-refractivity contribution in [3.63, 3.8) is 0 Å². The number of carbonyl (C=O) groups excluding carboxylic acids is 1. The Kier molecular flexibility index (Phi) is 6.65. The number of benzene rings is 2. The van der Waals surface area contributed by atoms with Crippen LogP contribution < -0.4 is 10.6 Å². The molecule has 1 amide bonds. The Morgan fingerprint density at radius 2 is 1.81 bits per heavy atom. The van der Waals surface area contributed by atoms with Gasteiger partial charge in [0.05, 0.1) is 22.7 Å². The molecule has 37 heavy (non-hydrogen) atoms. The second-order valence-corrected chi connectivity index (χ2v) is 10.2. The van der Waals surface area contributed by atoms with Crippen LogP contribution in [-0.2, 0) is 27.7 Å². The van der Waals surface area contributed by atoms with Crippen LogP contribution in [0.4, 0.5) is 17.3 Å². The third-order valence-corrected chi connectivity index (χ3v) is 7.72. The molecule has 2 N–H and O–H groups in total. The first-order valence-electron chi connectivity index (χ1n) is 11.6. The molecule has 0 radical (unpaired) electrons. The first-order chi connectivity index (χ1) is 17.9. The van der Waals surface area contributed by atoms with E-state index in [1.807, 2.05) is 42.5 Å². The van der Waals surface area contributed by atoms with Crippen LogP contribution in [-0.4, -0.2) is 40.1 Å². The van der Waals surface area contributed by atoms with Crippen molar-refractivity contribution in [3.8, 4) is 11.3 Å². The number of aromatic nitrogens is 3. The van der Waals surface area contributed by atoms with Gasteiger partial charge in [-0.15, -0.1) is 0 Å². The highest BCUT2D eigenvalue weighted by Crippen LogP contribution is 2.33. The van der Waals surface area contributed by atoms with E-state index in [-0.39, 0.29) is 23.8 Å². The van der Waals surface area contributed by atoms with Gasteiger partial charge in [0.15, 0.2) is 0 Å². The van der Waals surface area contributed by atoms with Gasteiger partial charge in [-0.05, 0) is 42.5 Å². The van der Waals surface area contributed by atoms with Gasteiger partial charge >= 0.3 is 0 Å². The first kappa shape index (κ1) is 24.1. The molecule has 0 aliphatic carbocycles. The summed E-state index contributed by atoms with van der Waals surface area (Å²) in [6.07, 6.45) is 5.26. The summed E-state index contributed by atoms with van der Waals surface area (Å²) in [4.78, 5) is 25.6. The van der Waals surface area contributed by atoms with Crippen LogP contribution in [0.1, 0.15) is 11.3 Å². The minimum atomic E-state index is -3.78. The van der Waals surface area contributed by atoms with Crippen molar-refractivity contribution in [2.75, 3.05) is 17.2 Å². The van der Waals surface area contributed by atoms with Gasteiger partial charge in [-0.2, -0.15) is 0 Å². The summed E-state index contributed by atoms with van der Waals surface area (Å²) in [6.45, 7) is 3.90. The van der Waals surface area contributed by atoms with Gasteiger partial charge in [-0.3, -0.25) is 14.1 Å². The summed E-state index contributed by atoms with van der Waals surface area (Å²) in [5.74, 6) is 0.211. The van der Waals surface area contributed by atoms with Crippen molar-refractivity contribution < 1.29 is 13.2 Å². The summed E-state index contributed by atoms with van der Waals surface area (Å²) in [7, 11) is -3.78. The summed E-state index contributed by atoms with van der Waals surface area (Å²) in [5, 5.41) is 6.01. The summed E-state index contributed by atoms with van der Waals surface area (Å²) >= 11 is 0. The maximum atomic E-state index is 13.1. The van der Waals surface area contributed by atoms with Gasteiger partial charge in [-0.25, -0.2) is 18.4 Å². The Bertz CT molecular complexity index is 1560. The van der Waals surface area contributed by atoms with E-state index in [9.17, 15) is 13.2 Å². The van der Waals surface area contributed by atoms with Crippen LogP contribution in [0.15, 0.2) is 96.8 Å². The van der Waals surface area contributed by atoms with Gasteiger partial charge in [0.1, 0.15) is 0 Å². The predicted octanol–water partition coefficient (Wildman–Crippen LogP) is 4.15. The van der Waals surface area contributed by atoms with E-state index in [1.54, 1.807) is 24.5 Å².